The molecule has 0 unspecified atom stereocenters. The van der Waals surface area contributed by atoms with Crippen molar-refractivity contribution in [2.75, 3.05) is 18.8 Å². The Balaban J connectivity index is 1.81. The lowest BCUT2D eigenvalue weighted by molar-refractivity contribution is -0.130. The third-order valence-corrected chi connectivity index (χ3v) is 6.42. The summed E-state index contributed by atoms with van der Waals surface area (Å²) >= 11 is 0. The van der Waals surface area contributed by atoms with Gasteiger partial charge in [-0.15, -0.1) is 0 Å². The summed E-state index contributed by atoms with van der Waals surface area (Å²) in [7, 11) is -3.11. The summed E-state index contributed by atoms with van der Waals surface area (Å²) in [4.78, 5) is 12.0. The van der Waals surface area contributed by atoms with Gasteiger partial charge in [-0.3, -0.25) is 4.79 Å². The number of rotatable bonds is 5. The highest BCUT2D eigenvalue weighted by molar-refractivity contribution is 7.89. The summed E-state index contributed by atoms with van der Waals surface area (Å²) in [6.45, 7) is 2.85. The van der Waals surface area contributed by atoms with Gasteiger partial charge in [-0.2, -0.15) is 0 Å². The van der Waals surface area contributed by atoms with Gasteiger partial charge in [-0.1, -0.05) is 6.92 Å². The van der Waals surface area contributed by atoms with Gasteiger partial charge in [-0.05, 0) is 38.5 Å². The third kappa shape index (κ3) is 3.32. The molecule has 1 amide bonds. The Morgan fingerprint density at radius 3 is 2.40 bits per heavy atom. The van der Waals surface area contributed by atoms with Crippen LogP contribution in [0.5, 0.6) is 0 Å². The van der Waals surface area contributed by atoms with Crippen LogP contribution in [-0.4, -0.2) is 49.1 Å². The van der Waals surface area contributed by atoms with E-state index in [1.165, 1.54) is 0 Å². The van der Waals surface area contributed by atoms with Gasteiger partial charge in [0, 0.05) is 19.1 Å². The molecule has 0 radical (unpaired) electrons. The zero-order chi connectivity index (χ0) is 14.8. The molecule has 6 nitrogen and oxygen atoms in total. The third-order valence-electron chi connectivity index (χ3n) is 4.34. The van der Waals surface area contributed by atoms with Crippen LogP contribution < -0.4 is 11.1 Å². The van der Waals surface area contributed by atoms with Crippen LogP contribution in [-0.2, 0) is 14.8 Å². The fraction of sp³-hybridized carbons (Fsp3) is 0.923. The van der Waals surface area contributed by atoms with Gasteiger partial charge in [0.15, 0.2) is 0 Å². The Labute approximate surface area is 121 Å². The lowest BCUT2D eigenvalue weighted by atomic mass is 9.77. The zero-order valence-electron chi connectivity index (χ0n) is 12.1. The van der Waals surface area contributed by atoms with Gasteiger partial charge in [-0.25, -0.2) is 12.7 Å². The SMILES string of the molecule is CCCS(=O)(=O)N1CCC(NC(=O)C2(N)CCC2)CC1. The average Bonchev–Trinajstić information content (AvgIpc) is 2.36. The van der Waals surface area contributed by atoms with Crippen LogP contribution in [0.2, 0.25) is 0 Å². The number of sulfonamides is 1. The van der Waals surface area contributed by atoms with Crippen LogP contribution in [0.1, 0.15) is 45.4 Å². The van der Waals surface area contributed by atoms with Crippen molar-refractivity contribution in [1.29, 1.82) is 0 Å². The van der Waals surface area contributed by atoms with Crippen molar-refractivity contribution in [1.82, 2.24) is 9.62 Å². The molecule has 0 aromatic carbocycles. The second-order valence-corrected chi connectivity index (χ2v) is 8.06. The van der Waals surface area contributed by atoms with E-state index in [0.717, 1.165) is 19.3 Å². The van der Waals surface area contributed by atoms with E-state index in [1.54, 1.807) is 4.31 Å². The predicted molar refractivity (Wildman–Crippen MR) is 77.6 cm³/mol. The van der Waals surface area contributed by atoms with Crippen molar-refractivity contribution in [2.45, 2.75) is 57.0 Å². The molecule has 0 aromatic heterocycles. The zero-order valence-corrected chi connectivity index (χ0v) is 12.9. The van der Waals surface area contributed by atoms with Crippen molar-refractivity contribution in [3.8, 4) is 0 Å². The molecule has 2 rings (SSSR count). The summed E-state index contributed by atoms with van der Waals surface area (Å²) < 4.78 is 25.4. The van der Waals surface area contributed by atoms with Crippen molar-refractivity contribution in [2.24, 2.45) is 5.73 Å². The number of nitrogens with zero attached hydrogens (tertiary/aromatic N) is 1. The minimum atomic E-state index is -3.11. The van der Waals surface area contributed by atoms with E-state index >= 15 is 0 Å². The van der Waals surface area contributed by atoms with Crippen LogP contribution in [0.15, 0.2) is 0 Å². The highest BCUT2D eigenvalue weighted by atomic mass is 32.2. The van der Waals surface area contributed by atoms with Gasteiger partial charge < -0.3 is 11.1 Å². The molecule has 3 N–H and O–H groups in total. The molecule has 0 bridgehead atoms. The molecule has 1 aliphatic carbocycles. The van der Waals surface area contributed by atoms with E-state index in [1.807, 2.05) is 6.92 Å². The summed E-state index contributed by atoms with van der Waals surface area (Å²) in [6.07, 6.45) is 4.49. The summed E-state index contributed by atoms with van der Waals surface area (Å²) in [6, 6.07) is 0.0524. The molecule has 1 saturated heterocycles. The Kier molecular flexibility index (Phi) is 4.71. The van der Waals surface area contributed by atoms with Gasteiger partial charge in [0.05, 0.1) is 11.3 Å². The smallest absolute Gasteiger partial charge is 0.240 e. The molecule has 0 atom stereocenters. The number of nitrogens with two attached hydrogens (primary N) is 1. The van der Waals surface area contributed by atoms with Crippen molar-refractivity contribution in [3.63, 3.8) is 0 Å². The van der Waals surface area contributed by atoms with Gasteiger partial charge >= 0.3 is 0 Å². The number of carbonyl (C=O) groups is 1. The normalized spacial score (nSPS) is 24.1. The minimum absolute atomic E-state index is 0.0524. The first-order valence-corrected chi connectivity index (χ1v) is 9.06. The van der Waals surface area contributed by atoms with E-state index in [9.17, 15) is 13.2 Å². The largest absolute Gasteiger partial charge is 0.352 e. The van der Waals surface area contributed by atoms with Gasteiger partial charge in [0.25, 0.3) is 0 Å². The first-order valence-electron chi connectivity index (χ1n) is 7.45. The highest BCUT2D eigenvalue weighted by Gasteiger charge is 2.41. The Hall–Kier alpha value is -0.660. The number of piperidine rings is 1. The molecule has 0 spiro atoms. The lowest BCUT2D eigenvalue weighted by Crippen LogP contribution is -2.61. The summed E-state index contributed by atoms with van der Waals surface area (Å²) in [5.41, 5.74) is 5.31. The molecular weight excluding hydrogens is 278 g/mol. The first kappa shape index (κ1) is 15.7. The second kappa shape index (κ2) is 5.99. The molecule has 2 aliphatic rings. The number of hydrogen-bond donors (Lipinski definition) is 2. The molecule has 0 aromatic rings. The minimum Gasteiger partial charge on any atom is -0.352 e. The highest BCUT2D eigenvalue weighted by Crippen LogP contribution is 2.29. The fourth-order valence-corrected chi connectivity index (χ4v) is 4.32. The topological polar surface area (TPSA) is 92.5 Å². The van der Waals surface area contributed by atoms with Crippen LogP contribution >= 0.6 is 0 Å². The molecule has 20 heavy (non-hydrogen) atoms. The Morgan fingerprint density at radius 1 is 1.35 bits per heavy atom. The quantitative estimate of drug-likeness (QED) is 0.758. The van der Waals surface area contributed by atoms with Crippen LogP contribution in [0, 0.1) is 0 Å². The molecule has 7 heteroatoms. The summed E-state index contributed by atoms with van der Waals surface area (Å²) in [5.74, 6) is 0.134. The number of nitrogens with one attached hydrogen (secondary N) is 1. The Morgan fingerprint density at radius 2 is 1.95 bits per heavy atom. The molecule has 116 valence electrons. The standard InChI is InChI=1S/C13H25N3O3S/c1-2-10-20(18,19)16-8-4-11(5-9-16)15-12(17)13(14)6-3-7-13/h11H,2-10,14H2,1H3,(H,15,17). The van der Waals surface area contributed by atoms with Gasteiger partial charge in [0.1, 0.15) is 0 Å². The molecule has 2 fully saturated rings. The van der Waals surface area contributed by atoms with Crippen LogP contribution in [0.3, 0.4) is 0 Å². The monoisotopic (exact) mass is 303 g/mol. The van der Waals surface area contributed by atoms with Crippen LogP contribution in [0.25, 0.3) is 0 Å². The number of amides is 1. The van der Waals surface area contributed by atoms with E-state index in [4.69, 9.17) is 5.73 Å². The fourth-order valence-electron chi connectivity index (χ4n) is 2.78. The molecule has 1 heterocycles. The number of carbonyl (C=O) groups excluding carboxylic acids is 1. The first-order chi connectivity index (χ1) is 9.37. The van der Waals surface area contributed by atoms with E-state index < -0.39 is 15.6 Å². The molecular formula is C13H25N3O3S. The average molecular weight is 303 g/mol. The molecule has 1 saturated carbocycles. The Bertz CT molecular complexity index is 451. The van der Waals surface area contributed by atoms with E-state index in [0.29, 0.717) is 32.4 Å². The van der Waals surface area contributed by atoms with E-state index in [-0.39, 0.29) is 17.7 Å². The van der Waals surface area contributed by atoms with Gasteiger partial charge in [0.2, 0.25) is 15.9 Å². The maximum absolute atomic E-state index is 12.0. The summed E-state index contributed by atoms with van der Waals surface area (Å²) in [5, 5.41) is 2.98. The maximum atomic E-state index is 12.0. The lowest BCUT2D eigenvalue weighted by Gasteiger charge is -2.39. The van der Waals surface area contributed by atoms with Crippen molar-refractivity contribution >= 4 is 15.9 Å². The van der Waals surface area contributed by atoms with E-state index in [2.05, 4.69) is 5.32 Å². The van der Waals surface area contributed by atoms with Crippen molar-refractivity contribution in [3.05, 3.63) is 0 Å². The number of hydrogen-bond acceptors (Lipinski definition) is 4. The maximum Gasteiger partial charge on any atom is 0.240 e. The molecule has 1 aliphatic heterocycles. The second-order valence-electron chi connectivity index (χ2n) is 5.97. The predicted octanol–water partition coefficient (Wildman–Crippen LogP) is 0.188. The van der Waals surface area contributed by atoms with Crippen molar-refractivity contribution < 1.29 is 13.2 Å². The van der Waals surface area contributed by atoms with Crippen LogP contribution in [0.4, 0.5) is 0 Å².